The van der Waals surface area contributed by atoms with Crippen molar-refractivity contribution in [1.82, 2.24) is 15.0 Å². The Balaban J connectivity index is 1.40. The Morgan fingerprint density at radius 3 is 2.56 bits per heavy atom. The zero-order valence-corrected chi connectivity index (χ0v) is 15.1. The fourth-order valence-electron chi connectivity index (χ4n) is 3.19. The van der Waals surface area contributed by atoms with E-state index in [4.69, 9.17) is 4.52 Å². The summed E-state index contributed by atoms with van der Waals surface area (Å²) in [6.07, 6.45) is 3.26. The largest absolute Gasteiger partial charge is 0.368 e. The highest BCUT2D eigenvalue weighted by Gasteiger charge is 2.22. The summed E-state index contributed by atoms with van der Waals surface area (Å²) in [6.45, 7) is 4.84. The average molecular weight is 363 g/mol. The molecular weight excluding hydrogens is 342 g/mol. The predicted octanol–water partition coefficient (Wildman–Crippen LogP) is 3.08. The van der Waals surface area contributed by atoms with E-state index < -0.39 is 0 Å². The van der Waals surface area contributed by atoms with E-state index in [1.165, 1.54) is 5.69 Å². The number of benzene rings is 1. The first-order valence-electron chi connectivity index (χ1n) is 8.94. The molecule has 0 atom stereocenters. The van der Waals surface area contributed by atoms with E-state index in [-0.39, 0.29) is 5.91 Å². The normalized spacial score (nSPS) is 14.3. The number of anilines is 3. The number of aromatic nitrogens is 2. The number of piperazine rings is 1. The van der Waals surface area contributed by atoms with Gasteiger partial charge in [0.2, 0.25) is 0 Å². The summed E-state index contributed by atoms with van der Waals surface area (Å²) in [7, 11) is 0. The monoisotopic (exact) mass is 363 g/mol. The Labute approximate surface area is 157 Å². The summed E-state index contributed by atoms with van der Waals surface area (Å²) in [4.78, 5) is 21.2. The molecular formula is C20H21N5O2. The van der Waals surface area contributed by atoms with Gasteiger partial charge in [-0.2, -0.15) is 0 Å². The van der Waals surface area contributed by atoms with Crippen molar-refractivity contribution in [1.29, 1.82) is 0 Å². The number of amides is 1. The van der Waals surface area contributed by atoms with E-state index in [1.807, 2.05) is 30.0 Å². The van der Waals surface area contributed by atoms with Crippen LogP contribution in [0.4, 0.5) is 17.2 Å². The highest BCUT2D eigenvalue weighted by Crippen LogP contribution is 2.19. The number of aryl methyl sites for hydroxylation is 1. The second-order valence-electron chi connectivity index (χ2n) is 6.52. The molecule has 0 aliphatic carbocycles. The topological polar surface area (TPSA) is 74.5 Å². The zero-order valence-electron chi connectivity index (χ0n) is 15.1. The molecule has 1 saturated heterocycles. The van der Waals surface area contributed by atoms with Crippen molar-refractivity contribution >= 4 is 23.1 Å². The second kappa shape index (κ2) is 7.49. The molecule has 0 bridgehead atoms. The number of rotatable bonds is 4. The number of carbonyl (C=O) groups excluding carboxylic acids is 1. The molecule has 0 saturated carbocycles. The third-order valence-corrected chi connectivity index (χ3v) is 4.57. The summed E-state index contributed by atoms with van der Waals surface area (Å²) >= 11 is 0. The lowest BCUT2D eigenvalue weighted by Gasteiger charge is -2.36. The molecule has 1 aliphatic heterocycles. The van der Waals surface area contributed by atoms with E-state index in [0.717, 1.165) is 13.1 Å². The molecule has 2 aromatic heterocycles. The maximum atomic E-state index is 12.9. The Bertz CT molecular complexity index is 917. The smallest absolute Gasteiger partial charge is 0.255 e. The van der Waals surface area contributed by atoms with Crippen LogP contribution in [0.15, 0.2) is 59.4 Å². The summed E-state index contributed by atoms with van der Waals surface area (Å²) in [5, 5.41) is 7.00. The van der Waals surface area contributed by atoms with Crippen LogP contribution in [0, 0.1) is 6.92 Å². The molecule has 3 aromatic rings. The molecule has 7 heteroatoms. The molecule has 138 valence electrons. The van der Waals surface area contributed by atoms with Crippen LogP contribution in [0.2, 0.25) is 0 Å². The number of nitrogens with zero attached hydrogens (tertiary/aromatic N) is 4. The van der Waals surface area contributed by atoms with E-state index in [0.29, 0.717) is 35.9 Å². The van der Waals surface area contributed by atoms with Crippen molar-refractivity contribution in [2.75, 3.05) is 36.4 Å². The van der Waals surface area contributed by atoms with Crippen LogP contribution in [0.1, 0.15) is 16.1 Å². The standard InChI is InChI=1S/C20H21N5O2/c1-15-11-19(23-27-15)22-17-12-16(13-21-14-17)20(26)25-9-7-24(8-10-25)18-5-3-2-4-6-18/h2-6,11-14H,7-10H2,1H3,(H,22,23). The second-order valence-corrected chi connectivity index (χ2v) is 6.52. The van der Waals surface area contributed by atoms with Crippen molar-refractivity contribution in [3.8, 4) is 0 Å². The molecule has 4 rings (SSSR count). The molecule has 3 heterocycles. The van der Waals surface area contributed by atoms with Crippen LogP contribution in [-0.4, -0.2) is 47.1 Å². The van der Waals surface area contributed by atoms with Crippen LogP contribution in [0.3, 0.4) is 0 Å². The minimum absolute atomic E-state index is 0.00445. The van der Waals surface area contributed by atoms with Crippen molar-refractivity contribution < 1.29 is 9.32 Å². The molecule has 0 unspecified atom stereocenters. The number of carbonyl (C=O) groups is 1. The first-order chi connectivity index (χ1) is 13.2. The van der Waals surface area contributed by atoms with Gasteiger partial charge in [-0.15, -0.1) is 0 Å². The van der Waals surface area contributed by atoms with Crippen molar-refractivity contribution in [2.45, 2.75) is 6.92 Å². The summed E-state index contributed by atoms with van der Waals surface area (Å²) in [6, 6.07) is 13.9. The number of hydrogen-bond donors (Lipinski definition) is 1. The van der Waals surface area contributed by atoms with Crippen molar-refractivity contribution in [3.05, 3.63) is 66.2 Å². The van der Waals surface area contributed by atoms with E-state index >= 15 is 0 Å². The quantitative estimate of drug-likeness (QED) is 0.768. The molecule has 0 spiro atoms. The van der Waals surface area contributed by atoms with Crippen LogP contribution in [0.25, 0.3) is 0 Å². The molecule has 1 aromatic carbocycles. The first-order valence-corrected chi connectivity index (χ1v) is 8.94. The lowest BCUT2D eigenvalue weighted by Crippen LogP contribution is -2.48. The summed E-state index contributed by atoms with van der Waals surface area (Å²) < 4.78 is 5.04. The van der Waals surface area contributed by atoms with Gasteiger partial charge in [0, 0.05) is 44.1 Å². The van der Waals surface area contributed by atoms with E-state index in [1.54, 1.807) is 24.5 Å². The fourth-order valence-corrected chi connectivity index (χ4v) is 3.19. The van der Waals surface area contributed by atoms with Gasteiger partial charge in [0.25, 0.3) is 5.91 Å². The van der Waals surface area contributed by atoms with Gasteiger partial charge in [-0.3, -0.25) is 9.78 Å². The number of nitrogens with one attached hydrogen (secondary N) is 1. The van der Waals surface area contributed by atoms with Gasteiger partial charge in [-0.05, 0) is 25.1 Å². The van der Waals surface area contributed by atoms with Gasteiger partial charge in [0.1, 0.15) is 5.76 Å². The minimum Gasteiger partial charge on any atom is -0.368 e. The lowest BCUT2D eigenvalue weighted by atomic mass is 10.2. The highest BCUT2D eigenvalue weighted by molar-refractivity contribution is 5.95. The molecule has 7 nitrogen and oxygen atoms in total. The van der Waals surface area contributed by atoms with Gasteiger partial charge < -0.3 is 19.6 Å². The van der Waals surface area contributed by atoms with E-state index in [2.05, 4.69) is 32.5 Å². The number of pyridine rings is 1. The first kappa shape index (κ1) is 17.1. The van der Waals surface area contributed by atoms with Gasteiger partial charge >= 0.3 is 0 Å². The third kappa shape index (κ3) is 3.92. The van der Waals surface area contributed by atoms with Gasteiger partial charge in [0.15, 0.2) is 5.82 Å². The lowest BCUT2D eigenvalue weighted by molar-refractivity contribution is 0.0746. The third-order valence-electron chi connectivity index (χ3n) is 4.57. The van der Waals surface area contributed by atoms with Crippen LogP contribution >= 0.6 is 0 Å². The molecule has 27 heavy (non-hydrogen) atoms. The van der Waals surface area contributed by atoms with Crippen LogP contribution in [0.5, 0.6) is 0 Å². The maximum absolute atomic E-state index is 12.9. The zero-order chi connectivity index (χ0) is 18.6. The SMILES string of the molecule is Cc1cc(Nc2cncc(C(=O)N3CCN(c4ccccc4)CC3)c2)no1. The number of para-hydroxylation sites is 1. The molecule has 1 N–H and O–H groups in total. The Morgan fingerprint density at radius 1 is 1.07 bits per heavy atom. The highest BCUT2D eigenvalue weighted by atomic mass is 16.5. The number of hydrogen-bond acceptors (Lipinski definition) is 6. The van der Waals surface area contributed by atoms with Crippen LogP contribution in [-0.2, 0) is 0 Å². The Kier molecular flexibility index (Phi) is 4.74. The van der Waals surface area contributed by atoms with Gasteiger partial charge in [-0.25, -0.2) is 0 Å². The van der Waals surface area contributed by atoms with Gasteiger partial charge in [-0.1, -0.05) is 23.4 Å². The maximum Gasteiger partial charge on any atom is 0.255 e. The Morgan fingerprint density at radius 2 is 1.85 bits per heavy atom. The minimum atomic E-state index is -0.00445. The van der Waals surface area contributed by atoms with Crippen molar-refractivity contribution in [2.24, 2.45) is 0 Å². The summed E-state index contributed by atoms with van der Waals surface area (Å²) in [5.41, 5.74) is 2.46. The predicted molar refractivity (Wildman–Crippen MR) is 103 cm³/mol. The van der Waals surface area contributed by atoms with Crippen LogP contribution < -0.4 is 10.2 Å². The molecule has 0 radical (unpaired) electrons. The summed E-state index contributed by atoms with van der Waals surface area (Å²) in [5.74, 6) is 1.31. The molecule has 1 fully saturated rings. The van der Waals surface area contributed by atoms with Gasteiger partial charge in [0.05, 0.1) is 17.4 Å². The fraction of sp³-hybridized carbons (Fsp3) is 0.250. The average Bonchev–Trinajstić information content (AvgIpc) is 3.13. The molecule has 1 aliphatic rings. The van der Waals surface area contributed by atoms with E-state index in [9.17, 15) is 4.79 Å². The Hall–Kier alpha value is -3.35. The molecule has 1 amide bonds. The van der Waals surface area contributed by atoms with Crippen molar-refractivity contribution in [3.63, 3.8) is 0 Å².